The fourth-order valence-electron chi connectivity index (χ4n) is 1.81. The van der Waals surface area contributed by atoms with Gasteiger partial charge in [0.25, 0.3) is 5.56 Å². The van der Waals surface area contributed by atoms with Crippen molar-refractivity contribution >= 4 is 23.2 Å². The van der Waals surface area contributed by atoms with Gasteiger partial charge in [0, 0.05) is 13.0 Å². The van der Waals surface area contributed by atoms with Gasteiger partial charge in [-0.05, 0) is 37.1 Å². The van der Waals surface area contributed by atoms with Gasteiger partial charge in [-0.2, -0.15) is 5.10 Å². The predicted octanol–water partition coefficient (Wildman–Crippen LogP) is 3.64. The van der Waals surface area contributed by atoms with Gasteiger partial charge in [0.2, 0.25) is 0 Å². The SMILES string of the molecule is Cc1ccc(OCCCn2ncc(Cl)c(Cl)c2=O)cc1C. The van der Waals surface area contributed by atoms with Crippen LogP contribution in [0.5, 0.6) is 5.75 Å². The minimum absolute atomic E-state index is 0.00162. The molecule has 0 spiro atoms. The van der Waals surface area contributed by atoms with Crippen LogP contribution >= 0.6 is 23.2 Å². The topological polar surface area (TPSA) is 44.1 Å². The quantitative estimate of drug-likeness (QED) is 0.788. The highest BCUT2D eigenvalue weighted by molar-refractivity contribution is 6.41. The lowest BCUT2D eigenvalue weighted by Gasteiger charge is -2.09. The van der Waals surface area contributed by atoms with E-state index in [1.165, 1.54) is 22.0 Å². The molecule has 0 atom stereocenters. The van der Waals surface area contributed by atoms with E-state index in [0.29, 0.717) is 19.6 Å². The maximum absolute atomic E-state index is 11.8. The first-order valence-electron chi connectivity index (χ1n) is 6.60. The summed E-state index contributed by atoms with van der Waals surface area (Å²) in [5.74, 6) is 0.826. The maximum atomic E-state index is 11.8. The average molecular weight is 327 g/mol. The Labute approximate surface area is 133 Å². The Morgan fingerprint density at radius 2 is 2.00 bits per heavy atom. The molecule has 112 valence electrons. The molecule has 0 fully saturated rings. The molecule has 4 nitrogen and oxygen atoms in total. The standard InChI is InChI=1S/C15H16Cl2N2O2/c1-10-4-5-12(8-11(10)2)21-7-3-6-19-15(20)14(17)13(16)9-18-19/h4-5,8-9H,3,6-7H2,1-2H3. The summed E-state index contributed by atoms with van der Waals surface area (Å²) in [7, 11) is 0. The molecule has 0 N–H and O–H groups in total. The van der Waals surface area contributed by atoms with Crippen molar-refractivity contribution < 1.29 is 4.74 Å². The van der Waals surface area contributed by atoms with Crippen molar-refractivity contribution in [3.8, 4) is 5.75 Å². The van der Waals surface area contributed by atoms with Gasteiger partial charge in [-0.25, -0.2) is 4.68 Å². The van der Waals surface area contributed by atoms with E-state index in [-0.39, 0.29) is 15.6 Å². The van der Waals surface area contributed by atoms with Gasteiger partial charge in [0.1, 0.15) is 10.8 Å². The van der Waals surface area contributed by atoms with E-state index in [1.807, 2.05) is 25.1 Å². The number of halogens is 2. The Hall–Kier alpha value is -1.52. The summed E-state index contributed by atoms with van der Waals surface area (Å²) in [6, 6.07) is 5.96. The summed E-state index contributed by atoms with van der Waals surface area (Å²) in [5, 5.41) is 4.11. The van der Waals surface area contributed by atoms with E-state index in [2.05, 4.69) is 12.0 Å². The monoisotopic (exact) mass is 326 g/mol. The molecular formula is C15H16Cl2N2O2. The van der Waals surface area contributed by atoms with Crippen molar-refractivity contribution in [2.45, 2.75) is 26.8 Å². The molecule has 21 heavy (non-hydrogen) atoms. The second-order valence-corrected chi connectivity index (χ2v) is 5.57. The molecule has 1 heterocycles. The maximum Gasteiger partial charge on any atom is 0.287 e. The third-order valence-corrected chi connectivity index (χ3v) is 3.95. The highest BCUT2D eigenvalue weighted by Gasteiger charge is 2.07. The highest BCUT2D eigenvalue weighted by Crippen LogP contribution is 2.17. The van der Waals surface area contributed by atoms with Gasteiger partial charge in [-0.3, -0.25) is 4.79 Å². The van der Waals surface area contributed by atoms with E-state index < -0.39 is 0 Å². The van der Waals surface area contributed by atoms with Crippen LogP contribution in [-0.2, 0) is 6.54 Å². The molecule has 0 saturated carbocycles. The number of hydrogen-bond acceptors (Lipinski definition) is 3. The smallest absolute Gasteiger partial charge is 0.287 e. The van der Waals surface area contributed by atoms with E-state index in [4.69, 9.17) is 27.9 Å². The molecule has 0 saturated heterocycles. The van der Waals surface area contributed by atoms with Crippen molar-refractivity contribution in [1.82, 2.24) is 9.78 Å². The molecule has 1 aromatic heterocycles. The number of hydrogen-bond donors (Lipinski definition) is 0. The van der Waals surface area contributed by atoms with Crippen LogP contribution < -0.4 is 10.3 Å². The van der Waals surface area contributed by atoms with Crippen molar-refractivity contribution in [2.24, 2.45) is 0 Å². The van der Waals surface area contributed by atoms with Crippen molar-refractivity contribution in [3.63, 3.8) is 0 Å². The second kappa shape index (κ2) is 6.96. The van der Waals surface area contributed by atoms with E-state index in [0.717, 1.165) is 5.75 Å². The van der Waals surface area contributed by atoms with E-state index in [1.54, 1.807) is 0 Å². The van der Waals surface area contributed by atoms with Gasteiger partial charge < -0.3 is 4.74 Å². The zero-order valence-corrected chi connectivity index (χ0v) is 13.4. The van der Waals surface area contributed by atoms with Crippen molar-refractivity contribution in [1.29, 1.82) is 0 Å². The molecular weight excluding hydrogens is 311 g/mol. The Morgan fingerprint density at radius 1 is 1.24 bits per heavy atom. The third-order valence-electron chi connectivity index (χ3n) is 3.20. The van der Waals surface area contributed by atoms with Gasteiger partial charge in [-0.1, -0.05) is 29.3 Å². The molecule has 0 amide bonds. The summed E-state index contributed by atoms with van der Waals surface area (Å²) < 4.78 is 6.94. The summed E-state index contributed by atoms with van der Waals surface area (Å²) >= 11 is 11.5. The van der Waals surface area contributed by atoms with Gasteiger partial charge in [0.15, 0.2) is 0 Å². The first-order valence-corrected chi connectivity index (χ1v) is 7.36. The first kappa shape index (κ1) is 15.9. The minimum Gasteiger partial charge on any atom is -0.494 e. The number of nitrogens with zero attached hydrogens (tertiary/aromatic N) is 2. The predicted molar refractivity (Wildman–Crippen MR) is 84.5 cm³/mol. The Balaban J connectivity index is 1.89. The average Bonchev–Trinajstić information content (AvgIpc) is 2.47. The first-order chi connectivity index (χ1) is 9.99. The summed E-state index contributed by atoms with van der Waals surface area (Å²) in [6.07, 6.45) is 2.02. The molecule has 0 unspecified atom stereocenters. The normalized spacial score (nSPS) is 10.7. The molecule has 0 bridgehead atoms. The van der Waals surface area contributed by atoms with Crippen LogP contribution in [-0.4, -0.2) is 16.4 Å². The molecule has 2 rings (SSSR count). The van der Waals surface area contributed by atoms with Crippen LogP contribution in [0.4, 0.5) is 0 Å². The summed E-state index contributed by atoms with van der Waals surface area (Å²) in [5.41, 5.74) is 2.04. The Bertz CT molecular complexity index is 699. The number of ether oxygens (including phenoxy) is 1. The van der Waals surface area contributed by atoms with Gasteiger partial charge in [-0.15, -0.1) is 0 Å². The number of benzene rings is 1. The zero-order valence-electron chi connectivity index (χ0n) is 11.9. The van der Waals surface area contributed by atoms with Crippen LogP contribution in [0.1, 0.15) is 17.5 Å². The fraction of sp³-hybridized carbons (Fsp3) is 0.333. The van der Waals surface area contributed by atoms with E-state index in [9.17, 15) is 4.79 Å². The van der Waals surface area contributed by atoms with Crippen LogP contribution in [0.3, 0.4) is 0 Å². The lowest BCUT2D eigenvalue weighted by atomic mass is 10.1. The number of aromatic nitrogens is 2. The van der Waals surface area contributed by atoms with Crippen LogP contribution in [0.25, 0.3) is 0 Å². The van der Waals surface area contributed by atoms with Gasteiger partial charge in [0.05, 0.1) is 17.8 Å². The lowest BCUT2D eigenvalue weighted by molar-refractivity contribution is 0.297. The van der Waals surface area contributed by atoms with Crippen molar-refractivity contribution in [3.05, 3.63) is 55.9 Å². The highest BCUT2D eigenvalue weighted by atomic mass is 35.5. The van der Waals surface area contributed by atoms with Crippen LogP contribution in [0, 0.1) is 13.8 Å². The third kappa shape index (κ3) is 3.99. The van der Waals surface area contributed by atoms with Crippen LogP contribution in [0.15, 0.2) is 29.2 Å². The molecule has 0 aliphatic rings. The lowest BCUT2D eigenvalue weighted by Crippen LogP contribution is -2.24. The molecule has 0 radical (unpaired) electrons. The summed E-state index contributed by atoms with van der Waals surface area (Å²) in [6.45, 7) is 5.03. The molecule has 1 aromatic carbocycles. The minimum atomic E-state index is -0.379. The Morgan fingerprint density at radius 3 is 2.71 bits per heavy atom. The number of rotatable bonds is 5. The summed E-state index contributed by atoms with van der Waals surface area (Å²) in [4.78, 5) is 11.8. The number of aryl methyl sites for hydroxylation is 3. The van der Waals surface area contributed by atoms with Crippen LogP contribution in [0.2, 0.25) is 10.0 Å². The van der Waals surface area contributed by atoms with Crippen molar-refractivity contribution in [2.75, 3.05) is 6.61 Å². The molecule has 2 aromatic rings. The zero-order chi connectivity index (χ0) is 15.4. The second-order valence-electron chi connectivity index (χ2n) is 4.78. The Kier molecular flexibility index (Phi) is 5.26. The molecule has 0 aliphatic carbocycles. The van der Waals surface area contributed by atoms with Gasteiger partial charge >= 0.3 is 0 Å². The molecule has 0 aliphatic heterocycles. The largest absolute Gasteiger partial charge is 0.494 e. The molecule has 6 heteroatoms. The fourth-order valence-corrected chi connectivity index (χ4v) is 2.08. The van der Waals surface area contributed by atoms with E-state index >= 15 is 0 Å².